The molecule has 0 saturated carbocycles. The minimum absolute atomic E-state index is 0.241. The van der Waals surface area contributed by atoms with Crippen molar-refractivity contribution >= 4 is 92.8 Å². The Balaban J connectivity index is 1.11. The molecule has 0 saturated heterocycles. The second-order valence-electron chi connectivity index (χ2n) is 11.2. The van der Waals surface area contributed by atoms with Crippen LogP contribution in [-0.2, 0) is 0 Å². The van der Waals surface area contributed by atoms with Crippen LogP contribution < -0.4 is 21.5 Å². The molecule has 0 heterocycles. The van der Waals surface area contributed by atoms with Crippen molar-refractivity contribution in [2.45, 2.75) is 13.8 Å². The topological polar surface area (TPSA) is 141 Å². The first-order valence-corrected chi connectivity index (χ1v) is 16.9. The van der Waals surface area contributed by atoms with Crippen molar-refractivity contribution in [1.29, 1.82) is 0 Å². The SMILES string of the molecule is C/C(=N\NC(=O)c1ccc(C(=O)N/N=C(\C)c2ccc(NC(=O)c3ccc(Cl)cc3Cl)cc2)cc1)c1ccc(NC(=O)c2ccc(Cl)cc2Cl)cc1. The van der Waals surface area contributed by atoms with Gasteiger partial charge in [0.2, 0.25) is 0 Å². The molecule has 262 valence electrons. The quantitative estimate of drug-likeness (QED) is 0.0830. The van der Waals surface area contributed by atoms with Gasteiger partial charge in [-0.25, -0.2) is 10.9 Å². The van der Waals surface area contributed by atoms with Crippen LogP contribution >= 0.6 is 46.4 Å². The summed E-state index contributed by atoms with van der Waals surface area (Å²) < 4.78 is 0. The third kappa shape index (κ3) is 9.83. The molecule has 5 aromatic carbocycles. The Morgan fingerprint density at radius 3 is 1.10 bits per heavy atom. The summed E-state index contributed by atoms with van der Waals surface area (Å²) >= 11 is 24.1. The molecule has 0 aliphatic rings. The minimum atomic E-state index is -0.472. The van der Waals surface area contributed by atoms with Crippen LogP contribution in [0, 0.1) is 0 Å². The Hall–Kier alpha value is -5.52. The second-order valence-corrected chi connectivity index (χ2v) is 12.9. The van der Waals surface area contributed by atoms with E-state index in [2.05, 4.69) is 31.7 Å². The van der Waals surface area contributed by atoms with E-state index >= 15 is 0 Å². The van der Waals surface area contributed by atoms with Gasteiger partial charge in [-0.3, -0.25) is 19.2 Å². The van der Waals surface area contributed by atoms with E-state index in [0.29, 0.717) is 55.1 Å². The van der Waals surface area contributed by atoms with Crippen LogP contribution in [0.4, 0.5) is 11.4 Å². The number of rotatable bonds is 10. The number of hydrogen-bond acceptors (Lipinski definition) is 6. The summed E-state index contributed by atoms with van der Waals surface area (Å²) in [4.78, 5) is 50.6. The third-order valence-corrected chi connectivity index (χ3v) is 8.63. The summed E-state index contributed by atoms with van der Waals surface area (Å²) in [6.45, 7) is 3.45. The molecule has 0 aromatic heterocycles. The maximum absolute atomic E-state index is 12.7. The van der Waals surface area contributed by atoms with Crippen LogP contribution in [0.15, 0.2) is 119 Å². The number of carbonyl (C=O) groups excluding carboxylic acids is 4. The molecule has 14 heteroatoms. The Labute approximate surface area is 318 Å². The van der Waals surface area contributed by atoms with E-state index in [1.54, 1.807) is 86.6 Å². The van der Waals surface area contributed by atoms with Gasteiger partial charge < -0.3 is 10.6 Å². The standard InChI is InChI=1S/C38H28Cl4N6O4/c1-21(23-7-13-29(14-8-23)43-37(51)31-17-11-27(39)19-33(31)41)45-47-35(49)25-3-5-26(6-4-25)36(50)48-46-22(2)24-9-15-30(16-10-24)44-38(52)32-18-12-28(40)20-34(32)42/h3-20H,1-2H3,(H,43,51)(H,44,52)(H,47,49)(H,48,50)/b45-21+,46-22+. The van der Waals surface area contributed by atoms with Crippen LogP contribution in [0.2, 0.25) is 20.1 Å². The lowest BCUT2D eigenvalue weighted by atomic mass is 10.1. The minimum Gasteiger partial charge on any atom is -0.322 e. The predicted octanol–water partition coefficient (Wildman–Crippen LogP) is 9.11. The Bertz CT molecular complexity index is 2060. The Kier molecular flexibility index (Phi) is 12.4. The van der Waals surface area contributed by atoms with E-state index in [0.717, 1.165) is 0 Å². The molecule has 0 bridgehead atoms. The van der Waals surface area contributed by atoms with Gasteiger partial charge in [-0.2, -0.15) is 10.2 Å². The molecule has 0 spiro atoms. The van der Waals surface area contributed by atoms with E-state index in [1.165, 1.54) is 36.4 Å². The molecular formula is C38H28Cl4N6O4. The fraction of sp³-hybridized carbons (Fsp3) is 0.0526. The second kappa shape index (κ2) is 17.1. The Morgan fingerprint density at radius 2 is 0.769 bits per heavy atom. The van der Waals surface area contributed by atoms with Gasteiger partial charge in [0.05, 0.1) is 32.6 Å². The summed E-state index contributed by atoms with van der Waals surface area (Å²) in [5.74, 6) is -1.71. The molecule has 4 N–H and O–H groups in total. The molecule has 0 fully saturated rings. The van der Waals surface area contributed by atoms with Crippen LogP contribution in [-0.4, -0.2) is 35.1 Å². The number of carbonyl (C=O) groups is 4. The zero-order chi connectivity index (χ0) is 37.4. The summed E-state index contributed by atoms with van der Waals surface area (Å²) in [5, 5.41) is 15.2. The van der Waals surface area contributed by atoms with Crippen molar-refractivity contribution in [2.75, 3.05) is 10.6 Å². The van der Waals surface area contributed by atoms with Gasteiger partial charge in [0.15, 0.2) is 0 Å². The molecular weight excluding hydrogens is 746 g/mol. The van der Waals surface area contributed by atoms with Gasteiger partial charge in [0.25, 0.3) is 23.6 Å². The van der Waals surface area contributed by atoms with Gasteiger partial charge in [-0.05, 0) is 110 Å². The van der Waals surface area contributed by atoms with E-state index in [-0.39, 0.29) is 33.0 Å². The molecule has 10 nitrogen and oxygen atoms in total. The zero-order valence-corrected chi connectivity index (χ0v) is 30.5. The summed E-state index contributed by atoms with van der Waals surface area (Å²) in [5.41, 5.74) is 9.74. The molecule has 0 unspecified atom stereocenters. The third-order valence-electron chi connectivity index (χ3n) is 7.53. The molecule has 5 aromatic rings. The highest BCUT2D eigenvalue weighted by Crippen LogP contribution is 2.24. The number of nitrogens with one attached hydrogen (secondary N) is 4. The highest BCUT2D eigenvalue weighted by molar-refractivity contribution is 6.38. The number of nitrogens with zero attached hydrogens (tertiary/aromatic N) is 2. The Morgan fingerprint density at radius 1 is 0.442 bits per heavy atom. The average molecular weight is 774 g/mol. The van der Waals surface area contributed by atoms with Crippen molar-refractivity contribution in [1.82, 2.24) is 10.9 Å². The van der Waals surface area contributed by atoms with Crippen molar-refractivity contribution < 1.29 is 19.2 Å². The van der Waals surface area contributed by atoms with Crippen molar-refractivity contribution in [3.8, 4) is 0 Å². The summed E-state index contributed by atoms with van der Waals surface area (Å²) in [6.07, 6.45) is 0. The molecule has 4 amide bonds. The predicted molar refractivity (Wildman–Crippen MR) is 208 cm³/mol. The van der Waals surface area contributed by atoms with Gasteiger partial charge in [0, 0.05) is 32.5 Å². The van der Waals surface area contributed by atoms with E-state index in [1.807, 2.05) is 0 Å². The van der Waals surface area contributed by atoms with Crippen molar-refractivity contribution in [3.63, 3.8) is 0 Å². The average Bonchev–Trinajstić information content (AvgIpc) is 3.13. The number of hydrogen-bond donors (Lipinski definition) is 4. The highest BCUT2D eigenvalue weighted by Gasteiger charge is 2.14. The first-order chi connectivity index (χ1) is 24.9. The van der Waals surface area contributed by atoms with Crippen molar-refractivity contribution in [3.05, 3.63) is 163 Å². The maximum atomic E-state index is 12.7. The van der Waals surface area contributed by atoms with E-state index in [4.69, 9.17) is 46.4 Å². The van der Waals surface area contributed by atoms with Crippen LogP contribution in [0.25, 0.3) is 0 Å². The fourth-order valence-electron chi connectivity index (χ4n) is 4.63. The monoisotopic (exact) mass is 772 g/mol. The first kappa shape index (κ1) is 37.7. The smallest absolute Gasteiger partial charge is 0.271 e. The first-order valence-electron chi connectivity index (χ1n) is 15.4. The lowest BCUT2D eigenvalue weighted by molar-refractivity contribution is 0.0943. The van der Waals surface area contributed by atoms with E-state index in [9.17, 15) is 19.2 Å². The number of hydrazone groups is 2. The largest absolute Gasteiger partial charge is 0.322 e. The van der Waals surface area contributed by atoms with Gasteiger partial charge in [0.1, 0.15) is 0 Å². The molecule has 0 aliphatic carbocycles. The van der Waals surface area contributed by atoms with Gasteiger partial charge in [-0.1, -0.05) is 70.7 Å². The van der Waals surface area contributed by atoms with Crippen LogP contribution in [0.5, 0.6) is 0 Å². The normalized spacial score (nSPS) is 11.4. The highest BCUT2D eigenvalue weighted by atomic mass is 35.5. The fourth-order valence-corrected chi connectivity index (χ4v) is 5.62. The lowest BCUT2D eigenvalue weighted by Crippen LogP contribution is -2.21. The van der Waals surface area contributed by atoms with Gasteiger partial charge >= 0.3 is 0 Å². The molecule has 0 aliphatic heterocycles. The molecule has 52 heavy (non-hydrogen) atoms. The molecule has 5 rings (SSSR count). The summed E-state index contributed by atoms with van der Waals surface area (Å²) in [6, 6.07) is 29.0. The number of amides is 4. The number of halogens is 4. The zero-order valence-electron chi connectivity index (χ0n) is 27.4. The lowest BCUT2D eigenvalue weighted by Gasteiger charge is -2.09. The van der Waals surface area contributed by atoms with Crippen molar-refractivity contribution in [2.24, 2.45) is 10.2 Å². The molecule has 0 atom stereocenters. The van der Waals surface area contributed by atoms with Crippen LogP contribution in [0.1, 0.15) is 66.4 Å². The molecule has 0 radical (unpaired) electrons. The van der Waals surface area contributed by atoms with Gasteiger partial charge in [-0.15, -0.1) is 0 Å². The van der Waals surface area contributed by atoms with Crippen LogP contribution in [0.3, 0.4) is 0 Å². The van der Waals surface area contributed by atoms with E-state index < -0.39 is 11.8 Å². The number of benzene rings is 5. The number of anilines is 2. The summed E-state index contributed by atoms with van der Waals surface area (Å²) in [7, 11) is 0. The maximum Gasteiger partial charge on any atom is 0.271 e.